The second-order valence-corrected chi connectivity index (χ2v) is 6.15. The quantitative estimate of drug-likeness (QED) is 0.575. The lowest BCUT2D eigenvalue weighted by Gasteiger charge is -2.10. The molecular formula is C21H19FO3. The number of benzene rings is 2. The predicted octanol–water partition coefficient (Wildman–Crippen LogP) is 5.10. The zero-order chi connectivity index (χ0) is 18.0. The summed E-state index contributed by atoms with van der Waals surface area (Å²) in [5.74, 6) is 0.933. The van der Waals surface area contributed by atoms with Gasteiger partial charge in [0.1, 0.15) is 23.9 Å². The summed E-state index contributed by atoms with van der Waals surface area (Å²) >= 11 is 0. The molecule has 3 rings (SSSR count). The highest BCUT2D eigenvalue weighted by Crippen LogP contribution is 2.39. The summed E-state index contributed by atoms with van der Waals surface area (Å²) in [7, 11) is 0. The van der Waals surface area contributed by atoms with Crippen molar-refractivity contribution in [2.75, 3.05) is 6.61 Å². The maximum atomic E-state index is 13.0. The first kappa shape index (κ1) is 17.0. The van der Waals surface area contributed by atoms with E-state index in [0.717, 1.165) is 5.56 Å². The molecule has 0 fully saturated rings. The smallest absolute Gasteiger partial charge is 0.231 e. The Labute approximate surface area is 146 Å². The molecule has 0 saturated carbocycles. The SMILES string of the molecule is CC(C)=CCOc1ccc2c(c1C)O/C(=C\c1ccc(F)cc1)C2=O. The van der Waals surface area contributed by atoms with E-state index >= 15 is 0 Å². The number of rotatable bonds is 4. The maximum absolute atomic E-state index is 13.0. The summed E-state index contributed by atoms with van der Waals surface area (Å²) in [5, 5.41) is 0. The number of fused-ring (bicyclic) bond motifs is 1. The van der Waals surface area contributed by atoms with Crippen LogP contribution in [-0.4, -0.2) is 12.4 Å². The summed E-state index contributed by atoms with van der Waals surface area (Å²) in [6.07, 6.45) is 3.60. The van der Waals surface area contributed by atoms with Crippen LogP contribution in [0.25, 0.3) is 6.08 Å². The number of carbonyl (C=O) groups excluding carboxylic acids is 1. The van der Waals surface area contributed by atoms with Gasteiger partial charge in [-0.15, -0.1) is 0 Å². The largest absolute Gasteiger partial charge is 0.489 e. The Kier molecular flexibility index (Phi) is 4.70. The standard InChI is InChI=1S/C21H19FO3/c1-13(2)10-11-24-18-9-8-17-20(23)19(25-21(17)14(18)3)12-15-4-6-16(22)7-5-15/h4-10,12H,11H2,1-3H3/b19-12-. The van der Waals surface area contributed by atoms with Crippen molar-refractivity contribution in [2.24, 2.45) is 0 Å². The molecule has 2 aromatic carbocycles. The number of ketones is 1. The first-order valence-electron chi connectivity index (χ1n) is 8.05. The normalized spacial score (nSPS) is 14.2. The molecule has 0 saturated heterocycles. The van der Waals surface area contributed by atoms with Gasteiger partial charge in [0.15, 0.2) is 5.76 Å². The lowest BCUT2D eigenvalue weighted by Crippen LogP contribution is -1.98. The zero-order valence-electron chi connectivity index (χ0n) is 14.4. The van der Waals surface area contributed by atoms with Crippen LogP contribution in [0.1, 0.15) is 35.3 Å². The van der Waals surface area contributed by atoms with E-state index in [1.54, 1.807) is 30.3 Å². The van der Waals surface area contributed by atoms with Crippen molar-refractivity contribution in [3.8, 4) is 11.5 Å². The summed E-state index contributed by atoms with van der Waals surface area (Å²) in [6, 6.07) is 9.40. The first-order chi connectivity index (χ1) is 12.0. The van der Waals surface area contributed by atoms with E-state index in [2.05, 4.69) is 0 Å². The monoisotopic (exact) mass is 338 g/mol. The molecule has 0 aliphatic carbocycles. The van der Waals surface area contributed by atoms with Gasteiger partial charge in [0.05, 0.1) is 5.56 Å². The molecule has 1 heterocycles. The Bertz CT molecular complexity index is 873. The molecule has 3 nitrogen and oxygen atoms in total. The van der Waals surface area contributed by atoms with Gasteiger partial charge in [-0.25, -0.2) is 4.39 Å². The van der Waals surface area contributed by atoms with Crippen molar-refractivity contribution in [1.82, 2.24) is 0 Å². The molecule has 128 valence electrons. The van der Waals surface area contributed by atoms with Crippen molar-refractivity contribution in [3.63, 3.8) is 0 Å². The molecule has 0 bridgehead atoms. The molecule has 0 radical (unpaired) electrons. The maximum Gasteiger partial charge on any atom is 0.231 e. The third-order valence-corrected chi connectivity index (χ3v) is 3.93. The minimum atomic E-state index is -0.321. The van der Waals surface area contributed by atoms with Crippen LogP contribution in [0.5, 0.6) is 11.5 Å². The van der Waals surface area contributed by atoms with Gasteiger partial charge in [0.25, 0.3) is 0 Å². The van der Waals surface area contributed by atoms with Gasteiger partial charge in [0, 0.05) is 5.56 Å². The number of allylic oxidation sites excluding steroid dienone is 2. The second-order valence-electron chi connectivity index (χ2n) is 6.15. The summed E-state index contributed by atoms with van der Waals surface area (Å²) < 4.78 is 24.5. The van der Waals surface area contributed by atoms with Crippen LogP contribution in [0, 0.1) is 12.7 Å². The molecule has 0 N–H and O–H groups in total. The summed E-state index contributed by atoms with van der Waals surface area (Å²) in [4.78, 5) is 12.5. The van der Waals surface area contributed by atoms with Gasteiger partial charge in [-0.05, 0) is 62.8 Å². The Morgan fingerprint density at radius 2 is 1.88 bits per heavy atom. The van der Waals surface area contributed by atoms with Crippen LogP contribution in [-0.2, 0) is 0 Å². The second kappa shape index (κ2) is 6.93. The number of ether oxygens (including phenoxy) is 2. The first-order valence-corrected chi connectivity index (χ1v) is 8.05. The molecule has 0 aromatic heterocycles. The zero-order valence-corrected chi connectivity index (χ0v) is 14.4. The molecule has 0 spiro atoms. The molecule has 0 atom stereocenters. The molecule has 1 aliphatic heterocycles. The summed E-state index contributed by atoms with van der Waals surface area (Å²) in [5.41, 5.74) is 3.18. The highest BCUT2D eigenvalue weighted by Gasteiger charge is 2.30. The van der Waals surface area contributed by atoms with Gasteiger partial charge in [-0.2, -0.15) is 0 Å². The minimum absolute atomic E-state index is 0.182. The lowest BCUT2D eigenvalue weighted by molar-refractivity contribution is 0.101. The third-order valence-electron chi connectivity index (χ3n) is 3.93. The average Bonchev–Trinajstić information content (AvgIpc) is 2.89. The van der Waals surface area contributed by atoms with Gasteiger partial charge in [0.2, 0.25) is 5.78 Å². The van der Waals surface area contributed by atoms with Gasteiger partial charge in [-0.3, -0.25) is 4.79 Å². The fraction of sp³-hybridized carbons (Fsp3) is 0.190. The predicted molar refractivity (Wildman–Crippen MR) is 95.4 cm³/mol. The Hall–Kier alpha value is -2.88. The Balaban J connectivity index is 1.86. The fourth-order valence-electron chi connectivity index (χ4n) is 2.53. The van der Waals surface area contributed by atoms with E-state index in [0.29, 0.717) is 29.2 Å². The molecule has 0 amide bonds. The van der Waals surface area contributed by atoms with Crippen LogP contribution in [0.2, 0.25) is 0 Å². The van der Waals surface area contributed by atoms with E-state index in [9.17, 15) is 9.18 Å². The molecule has 2 aromatic rings. The molecule has 4 heteroatoms. The van der Waals surface area contributed by atoms with Gasteiger partial charge < -0.3 is 9.47 Å². The van der Waals surface area contributed by atoms with E-state index in [1.165, 1.54) is 17.7 Å². The fourth-order valence-corrected chi connectivity index (χ4v) is 2.53. The number of Topliss-reactive ketones (excluding diaryl/α,β-unsaturated/α-hetero) is 1. The van der Waals surface area contributed by atoms with E-state index in [1.807, 2.05) is 26.8 Å². The molecular weight excluding hydrogens is 319 g/mol. The number of halogens is 1. The molecule has 0 unspecified atom stereocenters. The number of hydrogen-bond donors (Lipinski definition) is 0. The van der Waals surface area contributed by atoms with Crippen molar-refractivity contribution in [1.29, 1.82) is 0 Å². The van der Waals surface area contributed by atoms with Crippen molar-refractivity contribution < 1.29 is 18.7 Å². The van der Waals surface area contributed by atoms with Crippen LogP contribution < -0.4 is 9.47 Å². The van der Waals surface area contributed by atoms with E-state index in [-0.39, 0.29) is 17.4 Å². The van der Waals surface area contributed by atoms with Crippen LogP contribution in [0.15, 0.2) is 53.8 Å². The average molecular weight is 338 g/mol. The highest BCUT2D eigenvalue weighted by atomic mass is 19.1. The number of hydrogen-bond acceptors (Lipinski definition) is 3. The van der Waals surface area contributed by atoms with E-state index in [4.69, 9.17) is 9.47 Å². The van der Waals surface area contributed by atoms with Gasteiger partial charge >= 0.3 is 0 Å². The van der Waals surface area contributed by atoms with Crippen LogP contribution in [0.4, 0.5) is 4.39 Å². The third kappa shape index (κ3) is 3.63. The summed E-state index contributed by atoms with van der Waals surface area (Å²) in [6.45, 7) is 6.35. The number of carbonyl (C=O) groups is 1. The van der Waals surface area contributed by atoms with Crippen LogP contribution >= 0.6 is 0 Å². The molecule has 1 aliphatic rings. The van der Waals surface area contributed by atoms with Crippen molar-refractivity contribution >= 4 is 11.9 Å². The molecule has 25 heavy (non-hydrogen) atoms. The Morgan fingerprint density at radius 3 is 2.56 bits per heavy atom. The lowest BCUT2D eigenvalue weighted by atomic mass is 10.1. The highest BCUT2D eigenvalue weighted by molar-refractivity contribution is 6.14. The van der Waals surface area contributed by atoms with Crippen LogP contribution in [0.3, 0.4) is 0 Å². The van der Waals surface area contributed by atoms with Gasteiger partial charge in [-0.1, -0.05) is 17.7 Å². The topological polar surface area (TPSA) is 35.5 Å². The Morgan fingerprint density at radius 1 is 1.16 bits per heavy atom. The van der Waals surface area contributed by atoms with E-state index < -0.39 is 0 Å². The van der Waals surface area contributed by atoms with Crippen molar-refractivity contribution in [2.45, 2.75) is 20.8 Å². The minimum Gasteiger partial charge on any atom is -0.489 e. The van der Waals surface area contributed by atoms with Crippen molar-refractivity contribution in [3.05, 3.63) is 76.3 Å².